The third-order valence-electron chi connectivity index (χ3n) is 2.75. The molecule has 0 radical (unpaired) electrons. The fourth-order valence-electron chi connectivity index (χ4n) is 1.44. The van der Waals surface area contributed by atoms with Crippen LogP contribution in [0.2, 0.25) is 0 Å². The smallest absolute Gasteiger partial charge is 0.00385 e. The van der Waals surface area contributed by atoms with Crippen LogP contribution in [0.25, 0.3) is 0 Å². The highest BCUT2D eigenvalue weighted by Crippen LogP contribution is 2.16. The summed E-state index contributed by atoms with van der Waals surface area (Å²) in [5.41, 5.74) is 0. The first-order chi connectivity index (χ1) is 6.02. The quantitative estimate of drug-likeness (QED) is 0.536. The van der Waals surface area contributed by atoms with Crippen LogP contribution >= 0.6 is 22.6 Å². The van der Waals surface area contributed by atoms with Gasteiger partial charge in [-0.1, -0.05) is 43.4 Å². The molecule has 0 amide bonds. The molecular weight excluding hydrogens is 273 g/mol. The average molecular weight is 297 g/mol. The Bertz CT molecular complexity index is 109. The van der Waals surface area contributed by atoms with Crippen molar-refractivity contribution < 1.29 is 0 Å². The molecule has 0 heterocycles. The van der Waals surface area contributed by atoms with E-state index in [1.807, 2.05) is 0 Å². The van der Waals surface area contributed by atoms with E-state index in [0.717, 1.165) is 11.8 Å². The van der Waals surface area contributed by atoms with Crippen LogP contribution < -0.4 is 0 Å². The highest BCUT2D eigenvalue weighted by molar-refractivity contribution is 14.1. The van der Waals surface area contributed by atoms with E-state index >= 15 is 0 Å². The zero-order chi connectivity index (χ0) is 10.4. The number of alkyl halides is 1. The predicted molar refractivity (Wildman–Crippen MR) is 69.6 cm³/mol. The van der Waals surface area contributed by atoms with Gasteiger partial charge in [0.05, 0.1) is 0 Å². The zero-order valence-electron chi connectivity index (χ0n) is 9.68. The second kappa shape index (κ2) is 7.04. The summed E-state index contributed by atoms with van der Waals surface area (Å²) in [6.45, 7) is 13.9. The van der Waals surface area contributed by atoms with E-state index in [4.69, 9.17) is 0 Å². The normalized spacial score (nSPS) is 14.5. The van der Waals surface area contributed by atoms with Crippen molar-refractivity contribution >= 4 is 22.6 Å². The minimum Gasteiger partial charge on any atom is -0.301 e. The highest BCUT2D eigenvalue weighted by atomic mass is 127. The summed E-state index contributed by atoms with van der Waals surface area (Å²) in [7, 11) is 0. The van der Waals surface area contributed by atoms with Gasteiger partial charge in [0.25, 0.3) is 0 Å². The first-order valence-electron chi connectivity index (χ1n) is 5.32. The van der Waals surface area contributed by atoms with Crippen molar-refractivity contribution in [2.24, 2.45) is 11.8 Å². The molecule has 0 aliphatic rings. The Morgan fingerprint density at radius 2 is 1.69 bits per heavy atom. The van der Waals surface area contributed by atoms with E-state index in [-0.39, 0.29) is 0 Å². The molecule has 0 aliphatic heterocycles. The Morgan fingerprint density at radius 3 is 1.92 bits per heavy atom. The average Bonchev–Trinajstić information content (AvgIpc) is 2.05. The van der Waals surface area contributed by atoms with Gasteiger partial charge in [0.1, 0.15) is 0 Å². The Labute approximate surface area is 97.4 Å². The fraction of sp³-hybridized carbons (Fsp3) is 1.00. The van der Waals surface area contributed by atoms with E-state index in [9.17, 15) is 0 Å². The van der Waals surface area contributed by atoms with Gasteiger partial charge in [-0.15, -0.1) is 0 Å². The van der Waals surface area contributed by atoms with E-state index in [1.54, 1.807) is 0 Å². The Balaban J connectivity index is 4.03. The van der Waals surface area contributed by atoms with Crippen LogP contribution in [-0.2, 0) is 0 Å². The van der Waals surface area contributed by atoms with Crippen LogP contribution in [0.5, 0.6) is 0 Å². The minimum atomic E-state index is 0.689. The molecule has 1 nitrogen and oxygen atoms in total. The van der Waals surface area contributed by atoms with Gasteiger partial charge in [-0.2, -0.15) is 0 Å². The van der Waals surface area contributed by atoms with Crippen LogP contribution in [0, 0.1) is 11.8 Å². The Kier molecular flexibility index (Phi) is 7.42. The summed E-state index contributed by atoms with van der Waals surface area (Å²) in [4.78, 5) is 2.56. The largest absolute Gasteiger partial charge is 0.301 e. The van der Waals surface area contributed by atoms with Crippen LogP contribution in [0.1, 0.15) is 34.6 Å². The SMILES string of the molecule is CCN(CC(CI)C(C)C)C(C)C. The van der Waals surface area contributed by atoms with Crippen molar-refractivity contribution in [3.63, 3.8) is 0 Å². The molecular formula is C11H24IN. The van der Waals surface area contributed by atoms with Crippen molar-refractivity contribution in [1.82, 2.24) is 4.90 Å². The number of nitrogens with zero attached hydrogens (tertiary/aromatic N) is 1. The number of halogens is 1. The van der Waals surface area contributed by atoms with Crippen LogP contribution in [0.15, 0.2) is 0 Å². The minimum absolute atomic E-state index is 0.689. The lowest BCUT2D eigenvalue weighted by molar-refractivity contribution is 0.185. The molecule has 0 bridgehead atoms. The van der Waals surface area contributed by atoms with Gasteiger partial charge in [0.15, 0.2) is 0 Å². The maximum Gasteiger partial charge on any atom is 0.00385 e. The van der Waals surface area contributed by atoms with Gasteiger partial charge in [-0.3, -0.25) is 0 Å². The molecule has 0 aromatic heterocycles. The van der Waals surface area contributed by atoms with Crippen LogP contribution in [-0.4, -0.2) is 28.5 Å². The van der Waals surface area contributed by atoms with Crippen LogP contribution in [0.3, 0.4) is 0 Å². The maximum absolute atomic E-state index is 2.56. The third kappa shape index (κ3) is 5.21. The van der Waals surface area contributed by atoms with Crippen molar-refractivity contribution in [3.05, 3.63) is 0 Å². The van der Waals surface area contributed by atoms with Crippen molar-refractivity contribution in [1.29, 1.82) is 0 Å². The lowest BCUT2D eigenvalue weighted by Crippen LogP contribution is -2.37. The first-order valence-corrected chi connectivity index (χ1v) is 6.85. The summed E-state index contributed by atoms with van der Waals surface area (Å²) in [6.07, 6.45) is 0. The maximum atomic E-state index is 2.56. The van der Waals surface area contributed by atoms with Gasteiger partial charge in [-0.05, 0) is 32.2 Å². The summed E-state index contributed by atoms with van der Waals surface area (Å²) >= 11 is 2.51. The zero-order valence-corrected chi connectivity index (χ0v) is 11.8. The second-order valence-corrected chi connectivity index (χ2v) is 5.22. The van der Waals surface area contributed by atoms with Gasteiger partial charge in [0, 0.05) is 17.0 Å². The highest BCUT2D eigenvalue weighted by Gasteiger charge is 2.16. The molecule has 0 rings (SSSR count). The first kappa shape index (κ1) is 13.7. The number of hydrogen-bond acceptors (Lipinski definition) is 1. The van der Waals surface area contributed by atoms with Gasteiger partial charge in [0.2, 0.25) is 0 Å². The topological polar surface area (TPSA) is 3.24 Å². The van der Waals surface area contributed by atoms with Gasteiger partial charge >= 0.3 is 0 Å². The van der Waals surface area contributed by atoms with Gasteiger partial charge in [-0.25, -0.2) is 0 Å². The molecule has 80 valence electrons. The molecule has 0 N–H and O–H groups in total. The lowest BCUT2D eigenvalue weighted by atomic mass is 9.97. The summed E-state index contributed by atoms with van der Waals surface area (Å²) < 4.78 is 1.28. The predicted octanol–water partition coefficient (Wildman–Crippen LogP) is 3.42. The molecule has 1 atom stereocenters. The molecule has 0 spiro atoms. The molecule has 0 aromatic rings. The molecule has 0 saturated heterocycles. The van der Waals surface area contributed by atoms with Crippen molar-refractivity contribution in [3.8, 4) is 0 Å². The molecule has 0 fully saturated rings. The number of rotatable bonds is 6. The molecule has 0 saturated carbocycles. The third-order valence-corrected chi connectivity index (χ3v) is 3.88. The molecule has 1 unspecified atom stereocenters. The number of hydrogen-bond donors (Lipinski definition) is 0. The lowest BCUT2D eigenvalue weighted by Gasteiger charge is -2.30. The Morgan fingerprint density at radius 1 is 1.15 bits per heavy atom. The molecule has 13 heavy (non-hydrogen) atoms. The summed E-state index contributed by atoms with van der Waals surface area (Å²) in [6, 6.07) is 0.689. The van der Waals surface area contributed by atoms with E-state index in [1.165, 1.54) is 17.5 Å². The van der Waals surface area contributed by atoms with Gasteiger partial charge < -0.3 is 4.90 Å². The Hall–Kier alpha value is 0.690. The molecule has 0 aromatic carbocycles. The molecule has 2 heteroatoms. The fourth-order valence-corrected chi connectivity index (χ4v) is 2.74. The summed E-state index contributed by atoms with van der Waals surface area (Å²) in [5, 5.41) is 0. The molecule has 0 aliphatic carbocycles. The van der Waals surface area contributed by atoms with E-state index < -0.39 is 0 Å². The van der Waals surface area contributed by atoms with E-state index in [2.05, 4.69) is 62.1 Å². The van der Waals surface area contributed by atoms with Crippen LogP contribution in [0.4, 0.5) is 0 Å². The van der Waals surface area contributed by atoms with Crippen molar-refractivity contribution in [2.45, 2.75) is 40.7 Å². The van der Waals surface area contributed by atoms with Crippen molar-refractivity contribution in [2.75, 3.05) is 17.5 Å². The second-order valence-electron chi connectivity index (χ2n) is 4.34. The summed E-state index contributed by atoms with van der Waals surface area (Å²) in [5.74, 6) is 1.66. The monoisotopic (exact) mass is 297 g/mol. The van der Waals surface area contributed by atoms with E-state index in [0.29, 0.717) is 6.04 Å². The standard InChI is InChI=1S/C11H24IN/c1-6-13(10(4)5)8-11(7-12)9(2)3/h9-11H,6-8H2,1-5H3.